The topological polar surface area (TPSA) is 112 Å². The van der Waals surface area contributed by atoms with Crippen molar-refractivity contribution < 1.29 is 30.8 Å². The molecule has 14 heteroatoms. The third kappa shape index (κ3) is 6.61. The SMILES string of the molecule is O=C(NC1CC1)c1cc(Cc2ccnc(NS(=O)(=O)NC3CC3)c2F)c(F)c(F)c1Nc1ccc(I)cc1F. The Labute approximate surface area is 235 Å². The van der Waals surface area contributed by atoms with E-state index < -0.39 is 57.3 Å². The first-order valence-corrected chi connectivity index (χ1v) is 14.5. The van der Waals surface area contributed by atoms with Crippen LogP contribution in [0.4, 0.5) is 34.8 Å². The Balaban J connectivity index is 1.49. The van der Waals surface area contributed by atoms with Crippen molar-refractivity contribution >= 4 is 55.9 Å². The van der Waals surface area contributed by atoms with Crippen LogP contribution in [0.5, 0.6) is 0 Å². The van der Waals surface area contributed by atoms with Crippen LogP contribution in [0.1, 0.15) is 47.2 Å². The molecular formula is C25H22F4IN5O3S. The Hall–Kier alpha value is -2.98. The van der Waals surface area contributed by atoms with Crippen LogP contribution in [-0.2, 0) is 16.6 Å². The Morgan fingerprint density at radius 3 is 2.33 bits per heavy atom. The van der Waals surface area contributed by atoms with Gasteiger partial charge in [-0.25, -0.2) is 22.5 Å². The Kier molecular flexibility index (Phi) is 7.70. The van der Waals surface area contributed by atoms with Crippen LogP contribution >= 0.6 is 22.6 Å². The standard InChI is InChI=1S/C25H22F4IN5O3S/c26-18-11-14(30)1-6-19(18)33-23-17(25(36)32-15-2-3-15)10-13(20(27)22(23)29)9-12-7-8-31-24(21(12)28)35-39(37,38)34-16-4-5-16/h1,6-8,10-11,15-16,33-34H,2-5,9H2,(H,31,35)(H,32,36). The number of halogens is 5. The molecule has 0 unspecified atom stereocenters. The molecule has 0 radical (unpaired) electrons. The highest BCUT2D eigenvalue weighted by Crippen LogP contribution is 2.33. The highest BCUT2D eigenvalue weighted by Gasteiger charge is 2.30. The monoisotopic (exact) mass is 675 g/mol. The first kappa shape index (κ1) is 27.6. The van der Waals surface area contributed by atoms with Gasteiger partial charge in [0.05, 0.1) is 16.9 Å². The third-order valence-corrected chi connectivity index (χ3v) is 7.89. The van der Waals surface area contributed by atoms with Gasteiger partial charge in [0.1, 0.15) is 5.82 Å². The number of carbonyl (C=O) groups is 1. The minimum atomic E-state index is -4.09. The molecule has 5 rings (SSSR count). The van der Waals surface area contributed by atoms with E-state index in [9.17, 15) is 17.6 Å². The van der Waals surface area contributed by atoms with E-state index in [2.05, 4.69) is 20.3 Å². The van der Waals surface area contributed by atoms with Crippen LogP contribution in [0.2, 0.25) is 0 Å². The van der Waals surface area contributed by atoms with E-state index in [1.807, 2.05) is 27.3 Å². The molecular weight excluding hydrogens is 653 g/mol. The van der Waals surface area contributed by atoms with Crippen molar-refractivity contribution in [1.82, 2.24) is 15.0 Å². The van der Waals surface area contributed by atoms with Crippen LogP contribution in [0.15, 0.2) is 36.5 Å². The predicted octanol–water partition coefficient (Wildman–Crippen LogP) is 4.88. The Morgan fingerprint density at radius 1 is 0.949 bits per heavy atom. The van der Waals surface area contributed by atoms with Crippen molar-refractivity contribution in [2.45, 2.75) is 44.2 Å². The van der Waals surface area contributed by atoms with Gasteiger partial charge in [0.2, 0.25) is 0 Å². The fraction of sp³-hybridized carbons (Fsp3) is 0.280. The lowest BCUT2D eigenvalue weighted by Gasteiger charge is -2.17. The molecule has 39 heavy (non-hydrogen) atoms. The second kappa shape index (κ2) is 10.9. The summed E-state index contributed by atoms with van der Waals surface area (Å²) in [5, 5.41) is 5.18. The van der Waals surface area contributed by atoms with Gasteiger partial charge in [0.15, 0.2) is 23.3 Å². The molecule has 3 aromatic rings. The van der Waals surface area contributed by atoms with Crippen LogP contribution < -0.4 is 20.1 Å². The van der Waals surface area contributed by atoms with Crippen molar-refractivity contribution in [2.75, 3.05) is 10.0 Å². The minimum Gasteiger partial charge on any atom is -0.350 e. The molecule has 1 heterocycles. The molecule has 2 aromatic carbocycles. The van der Waals surface area contributed by atoms with Gasteiger partial charge < -0.3 is 10.6 Å². The normalized spacial score (nSPS) is 15.2. The second-order valence-corrected chi connectivity index (χ2v) is 12.1. The first-order valence-electron chi connectivity index (χ1n) is 12.0. The summed E-state index contributed by atoms with van der Waals surface area (Å²) in [4.78, 5) is 16.7. The molecule has 0 saturated heterocycles. The highest BCUT2D eigenvalue weighted by molar-refractivity contribution is 14.1. The van der Waals surface area contributed by atoms with E-state index >= 15 is 13.2 Å². The number of hydrogen-bond acceptors (Lipinski definition) is 5. The molecule has 0 aliphatic heterocycles. The van der Waals surface area contributed by atoms with Gasteiger partial charge >= 0.3 is 10.2 Å². The number of anilines is 3. The van der Waals surface area contributed by atoms with Crippen LogP contribution in [0.3, 0.4) is 0 Å². The molecule has 1 aromatic heterocycles. The second-order valence-electron chi connectivity index (χ2n) is 9.39. The third-order valence-electron chi connectivity index (χ3n) is 6.11. The zero-order valence-electron chi connectivity index (χ0n) is 20.1. The number of pyridine rings is 1. The summed E-state index contributed by atoms with van der Waals surface area (Å²) in [7, 11) is -4.09. The maximum Gasteiger partial charge on any atom is 0.300 e. The van der Waals surface area contributed by atoms with Gasteiger partial charge in [-0.3, -0.25) is 9.52 Å². The van der Waals surface area contributed by atoms with Gasteiger partial charge in [-0.2, -0.15) is 13.1 Å². The first-order chi connectivity index (χ1) is 18.5. The lowest BCUT2D eigenvalue weighted by molar-refractivity contribution is 0.0951. The van der Waals surface area contributed by atoms with Crippen LogP contribution in [0, 0.1) is 26.8 Å². The number of carbonyl (C=O) groups excluding carboxylic acids is 1. The number of hydrogen-bond donors (Lipinski definition) is 4. The largest absolute Gasteiger partial charge is 0.350 e. The van der Waals surface area contributed by atoms with Gasteiger partial charge in [0.25, 0.3) is 5.91 Å². The van der Waals surface area contributed by atoms with Crippen molar-refractivity contribution in [3.05, 3.63) is 80.1 Å². The summed E-state index contributed by atoms with van der Waals surface area (Å²) >= 11 is 1.89. The van der Waals surface area contributed by atoms with Gasteiger partial charge in [-0.1, -0.05) is 0 Å². The summed E-state index contributed by atoms with van der Waals surface area (Å²) in [5.74, 6) is -5.95. The fourth-order valence-corrected chi connectivity index (χ4v) is 5.38. The average Bonchev–Trinajstić information content (AvgIpc) is 3.80. The van der Waals surface area contributed by atoms with E-state index in [0.717, 1.165) is 25.1 Å². The molecule has 206 valence electrons. The van der Waals surface area contributed by atoms with E-state index in [1.54, 1.807) is 6.07 Å². The smallest absolute Gasteiger partial charge is 0.300 e. The van der Waals surface area contributed by atoms with Crippen molar-refractivity contribution in [3.8, 4) is 0 Å². The maximum atomic E-state index is 15.4. The molecule has 0 atom stereocenters. The molecule has 0 spiro atoms. The van der Waals surface area contributed by atoms with Crippen LogP contribution in [-0.4, -0.2) is 31.4 Å². The minimum absolute atomic E-state index is 0.116. The van der Waals surface area contributed by atoms with Crippen molar-refractivity contribution in [1.29, 1.82) is 0 Å². The van der Waals surface area contributed by atoms with E-state index in [-0.39, 0.29) is 34.5 Å². The molecule has 2 aliphatic rings. The number of nitrogens with one attached hydrogen (secondary N) is 4. The fourth-order valence-electron chi connectivity index (χ4n) is 3.80. The van der Waals surface area contributed by atoms with Crippen LogP contribution in [0.25, 0.3) is 0 Å². The molecule has 1 amide bonds. The van der Waals surface area contributed by atoms with Gasteiger partial charge in [0, 0.05) is 28.3 Å². The lowest BCUT2D eigenvalue weighted by atomic mass is 9.99. The number of aromatic nitrogens is 1. The summed E-state index contributed by atoms with van der Waals surface area (Å²) in [6, 6.07) is 5.99. The molecule has 2 aliphatic carbocycles. The van der Waals surface area contributed by atoms with Crippen molar-refractivity contribution in [2.24, 2.45) is 0 Å². The number of amides is 1. The van der Waals surface area contributed by atoms with E-state index in [1.165, 1.54) is 18.2 Å². The lowest BCUT2D eigenvalue weighted by Crippen LogP contribution is -2.32. The highest BCUT2D eigenvalue weighted by atomic mass is 127. The quantitative estimate of drug-likeness (QED) is 0.181. The molecule has 2 saturated carbocycles. The zero-order valence-corrected chi connectivity index (χ0v) is 23.1. The zero-order chi connectivity index (χ0) is 27.9. The summed E-state index contributed by atoms with van der Waals surface area (Å²) in [5.41, 5.74) is -1.58. The maximum absolute atomic E-state index is 15.4. The summed E-state index contributed by atoms with van der Waals surface area (Å²) in [6.45, 7) is 0. The van der Waals surface area contributed by atoms with E-state index in [4.69, 9.17) is 0 Å². The summed E-state index contributed by atoms with van der Waals surface area (Å²) < 4.78 is 89.7. The van der Waals surface area contributed by atoms with E-state index in [0.29, 0.717) is 16.4 Å². The molecule has 4 N–H and O–H groups in total. The number of nitrogens with zero attached hydrogens (tertiary/aromatic N) is 1. The van der Waals surface area contributed by atoms with Gasteiger partial charge in [-0.05, 0) is 89.7 Å². The number of rotatable bonds is 10. The summed E-state index contributed by atoms with van der Waals surface area (Å²) in [6.07, 6.45) is 3.39. The molecule has 2 fully saturated rings. The van der Waals surface area contributed by atoms with Crippen molar-refractivity contribution in [3.63, 3.8) is 0 Å². The Bertz CT molecular complexity index is 1570. The number of benzene rings is 2. The molecule has 0 bridgehead atoms. The average molecular weight is 675 g/mol. The molecule has 8 nitrogen and oxygen atoms in total. The van der Waals surface area contributed by atoms with Gasteiger partial charge in [-0.15, -0.1) is 0 Å². The predicted molar refractivity (Wildman–Crippen MR) is 145 cm³/mol. The Morgan fingerprint density at radius 2 is 1.67 bits per heavy atom.